The van der Waals surface area contributed by atoms with Gasteiger partial charge in [-0.3, -0.25) is 19.2 Å². The highest BCUT2D eigenvalue weighted by molar-refractivity contribution is 5.95. The topological polar surface area (TPSA) is 263 Å². The van der Waals surface area contributed by atoms with E-state index >= 15 is 0 Å². The van der Waals surface area contributed by atoms with Gasteiger partial charge in [0.2, 0.25) is 11.8 Å². The summed E-state index contributed by atoms with van der Waals surface area (Å²) in [5, 5.41) is 31.0. The van der Waals surface area contributed by atoms with Crippen LogP contribution in [-0.4, -0.2) is 128 Å². The molecule has 22 nitrogen and oxygen atoms in total. The molecule has 2 N–H and O–H groups in total. The van der Waals surface area contributed by atoms with Crippen molar-refractivity contribution in [2.45, 2.75) is 39.0 Å². The van der Waals surface area contributed by atoms with Crippen molar-refractivity contribution < 1.29 is 19.1 Å². The van der Waals surface area contributed by atoms with E-state index in [0.717, 1.165) is 45.3 Å². The van der Waals surface area contributed by atoms with Crippen LogP contribution in [0.5, 0.6) is 11.8 Å². The van der Waals surface area contributed by atoms with Gasteiger partial charge in [0.1, 0.15) is 37.0 Å². The third-order valence-corrected chi connectivity index (χ3v) is 15.3. The summed E-state index contributed by atoms with van der Waals surface area (Å²) in [6.45, 7) is 10.2. The SMILES string of the molecule is Cc1c(N2Cc3ccccc3[C@@H]2COc2cc(C(=O)N3CCN(c4ccc(C#N)cn4)CC3)ccn2)cn[nH]c1=O.Cc1c(N2Cc3ccccc3[C@H]2COc2cc(C(=O)N3CCN(c4ccc(C#N)cn4)CC3)ccn2)cn[nH]c1=O. The third-order valence-electron chi connectivity index (χ3n) is 15.3. The fourth-order valence-electron chi connectivity index (χ4n) is 10.8. The van der Waals surface area contributed by atoms with Gasteiger partial charge in [0.05, 0.1) is 47.0 Å². The number of carbonyl (C=O) groups is 2. The summed E-state index contributed by atoms with van der Waals surface area (Å²) in [4.78, 5) is 80.7. The maximum Gasteiger partial charge on any atom is 0.269 e. The first-order chi connectivity index (χ1) is 40.0. The zero-order chi connectivity index (χ0) is 56.7. The molecule has 10 heterocycles. The van der Waals surface area contributed by atoms with Crippen LogP contribution < -0.4 is 40.2 Å². The molecule has 0 saturated carbocycles. The van der Waals surface area contributed by atoms with Crippen LogP contribution in [0.2, 0.25) is 0 Å². The van der Waals surface area contributed by atoms with Crippen LogP contribution in [0, 0.1) is 36.5 Å². The van der Waals surface area contributed by atoms with Gasteiger partial charge in [-0.1, -0.05) is 48.5 Å². The highest BCUT2D eigenvalue weighted by Crippen LogP contribution is 2.40. The van der Waals surface area contributed by atoms with Gasteiger partial charge in [-0.25, -0.2) is 30.1 Å². The van der Waals surface area contributed by atoms with Gasteiger partial charge in [0.25, 0.3) is 22.9 Å². The minimum atomic E-state index is -0.222. The van der Waals surface area contributed by atoms with Gasteiger partial charge in [0, 0.05) is 125 Å². The van der Waals surface area contributed by atoms with Crippen molar-refractivity contribution >= 4 is 34.8 Å². The molecular formula is C60H56N16O6. The molecule has 0 bridgehead atoms. The summed E-state index contributed by atoms with van der Waals surface area (Å²) in [5.74, 6) is 2.15. The highest BCUT2D eigenvalue weighted by Gasteiger charge is 2.35. The Balaban J connectivity index is 0.000000172. The minimum absolute atomic E-state index is 0.0808. The first-order valence-electron chi connectivity index (χ1n) is 26.8. The van der Waals surface area contributed by atoms with Crippen LogP contribution in [0.25, 0.3) is 0 Å². The molecule has 12 rings (SSSR count). The number of carbonyl (C=O) groups excluding carboxylic acids is 2. The lowest BCUT2D eigenvalue weighted by atomic mass is 10.1. The van der Waals surface area contributed by atoms with Crippen molar-refractivity contribution in [3.8, 4) is 23.9 Å². The number of aromatic amines is 2. The van der Waals surface area contributed by atoms with Crippen molar-refractivity contribution in [1.82, 2.24) is 50.1 Å². The van der Waals surface area contributed by atoms with Crippen molar-refractivity contribution in [2.24, 2.45) is 0 Å². The lowest BCUT2D eigenvalue weighted by Gasteiger charge is -2.35. The number of anilines is 4. The molecule has 0 spiro atoms. The number of hydrogen-bond donors (Lipinski definition) is 2. The van der Waals surface area contributed by atoms with E-state index in [1.54, 1.807) is 87.4 Å². The van der Waals surface area contributed by atoms with E-state index in [1.165, 1.54) is 0 Å². The van der Waals surface area contributed by atoms with E-state index in [1.807, 2.05) is 46.2 Å². The van der Waals surface area contributed by atoms with E-state index in [9.17, 15) is 19.2 Å². The Hall–Kier alpha value is -10.5. The number of piperazine rings is 2. The zero-order valence-corrected chi connectivity index (χ0v) is 45.1. The number of benzene rings is 2. The molecule has 2 aromatic carbocycles. The van der Waals surface area contributed by atoms with Crippen molar-refractivity contribution in [1.29, 1.82) is 10.5 Å². The van der Waals surface area contributed by atoms with E-state index < -0.39 is 0 Å². The molecule has 2 fully saturated rings. The second kappa shape index (κ2) is 23.9. The van der Waals surface area contributed by atoms with E-state index in [0.29, 0.717) is 111 Å². The van der Waals surface area contributed by atoms with Crippen LogP contribution in [-0.2, 0) is 13.1 Å². The maximum absolute atomic E-state index is 13.3. The van der Waals surface area contributed by atoms with Gasteiger partial charge in [-0.05, 0) is 72.5 Å². The Kier molecular flexibility index (Phi) is 15.6. The Morgan fingerprint density at radius 1 is 0.549 bits per heavy atom. The molecule has 82 heavy (non-hydrogen) atoms. The number of pyridine rings is 4. The van der Waals surface area contributed by atoms with Gasteiger partial charge in [0.15, 0.2) is 0 Å². The second-order valence-corrected chi connectivity index (χ2v) is 20.1. The van der Waals surface area contributed by atoms with Crippen molar-refractivity contribution in [3.63, 3.8) is 0 Å². The summed E-state index contributed by atoms with van der Waals surface area (Å²) >= 11 is 0. The predicted molar refractivity (Wildman–Crippen MR) is 304 cm³/mol. The lowest BCUT2D eigenvalue weighted by Crippen LogP contribution is -2.49. The standard InChI is InChI=1S/2C30H28N8O3/c2*1-20-25(17-34-35-29(20)39)38-18-23-4-2-3-5-24(23)26(38)19-41-28-14-22(8-9-32-28)30(40)37-12-10-36(11-13-37)27-7-6-21(15-31)16-33-27/h2*2-9,14,16-17,26H,10-13,18-19H2,1H3,(H,35,39)/t2*26-/m10/s1. The smallest absolute Gasteiger partial charge is 0.269 e. The van der Waals surface area contributed by atoms with E-state index in [4.69, 9.17) is 20.0 Å². The second-order valence-electron chi connectivity index (χ2n) is 20.1. The van der Waals surface area contributed by atoms with Crippen LogP contribution in [0.4, 0.5) is 23.0 Å². The highest BCUT2D eigenvalue weighted by atomic mass is 16.5. The Morgan fingerprint density at radius 2 is 0.963 bits per heavy atom. The number of nitriles is 2. The molecule has 0 aliphatic carbocycles. The van der Waals surface area contributed by atoms with E-state index in [2.05, 4.69) is 96.3 Å². The lowest BCUT2D eigenvalue weighted by molar-refractivity contribution is 0.0738. The zero-order valence-electron chi connectivity index (χ0n) is 45.1. The Labute approximate surface area is 471 Å². The summed E-state index contributed by atoms with van der Waals surface area (Å²) in [5.41, 5.74) is 8.88. The molecule has 0 radical (unpaired) electrons. The predicted octanol–water partition coefficient (Wildman–Crippen LogP) is 5.69. The average molecular weight is 1100 g/mol. The molecule has 2 atom stereocenters. The first-order valence-corrected chi connectivity index (χ1v) is 26.8. The van der Waals surface area contributed by atoms with Crippen LogP contribution >= 0.6 is 0 Å². The summed E-state index contributed by atoms with van der Waals surface area (Å²) < 4.78 is 12.3. The number of ether oxygens (including phenoxy) is 2. The van der Waals surface area contributed by atoms with Crippen LogP contribution in [0.3, 0.4) is 0 Å². The molecule has 2 saturated heterocycles. The molecule has 2 amide bonds. The maximum atomic E-state index is 13.3. The molecule has 4 aliphatic rings. The van der Waals surface area contributed by atoms with Gasteiger partial charge in [-0.2, -0.15) is 20.7 Å². The fourth-order valence-corrected chi connectivity index (χ4v) is 10.8. The number of aromatic nitrogens is 8. The quantitative estimate of drug-likeness (QED) is 0.149. The number of rotatable bonds is 12. The molecule has 412 valence electrons. The average Bonchev–Trinajstić information content (AvgIpc) is 4.04. The van der Waals surface area contributed by atoms with Gasteiger partial charge < -0.3 is 38.9 Å². The monoisotopic (exact) mass is 1100 g/mol. The Bertz CT molecular complexity index is 3590. The molecule has 6 aromatic heterocycles. The number of nitrogens with one attached hydrogen (secondary N) is 2. The van der Waals surface area contributed by atoms with Crippen molar-refractivity contribution in [3.05, 3.63) is 211 Å². The molecular weight excluding hydrogens is 1040 g/mol. The summed E-state index contributed by atoms with van der Waals surface area (Å²) in [6, 6.07) is 34.1. The fraction of sp³-hybridized carbons (Fsp3) is 0.267. The Morgan fingerprint density at radius 3 is 1.35 bits per heavy atom. The van der Waals surface area contributed by atoms with Gasteiger partial charge in [-0.15, -0.1) is 0 Å². The number of nitrogens with zero attached hydrogens (tertiary/aromatic N) is 14. The number of hydrogen-bond acceptors (Lipinski definition) is 18. The summed E-state index contributed by atoms with van der Waals surface area (Å²) in [7, 11) is 0. The number of fused-ring (bicyclic) bond motifs is 2. The van der Waals surface area contributed by atoms with Crippen LogP contribution in [0.1, 0.15) is 77.3 Å². The number of amides is 2. The van der Waals surface area contributed by atoms with Crippen molar-refractivity contribution in [2.75, 3.05) is 85.2 Å². The molecule has 22 heteroatoms. The molecule has 8 aromatic rings. The van der Waals surface area contributed by atoms with E-state index in [-0.39, 0.29) is 48.2 Å². The molecule has 0 unspecified atom stereocenters. The largest absolute Gasteiger partial charge is 0.475 e. The summed E-state index contributed by atoms with van der Waals surface area (Å²) in [6.07, 6.45) is 9.64. The minimum Gasteiger partial charge on any atom is -0.475 e. The first kappa shape index (κ1) is 53.5. The third kappa shape index (κ3) is 11.4. The molecule has 4 aliphatic heterocycles. The number of H-pyrrole nitrogens is 2. The van der Waals surface area contributed by atoms with Gasteiger partial charge >= 0.3 is 0 Å². The normalized spacial score (nSPS) is 16.3. The van der Waals surface area contributed by atoms with Crippen LogP contribution in [0.15, 0.2) is 144 Å².